The summed E-state index contributed by atoms with van der Waals surface area (Å²) in [4.78, 5) is 19.7. The maximum atomic E-state index is 12.1. The number of methoxy groups -OCH3 is 2. The molecule has 0 unspecified atom stereocenters. The van der Waals surface area contributed by atoms with E-state index >= 15 is 0 Å². The van der Waals surface area contributed by atoms with E-state index in [9.17, 15) is 13.2 Å². The average molecular weight is 398 g/mol. The molecule has 0 bridgehead atoms. The highest BCUT2D eigenvalue weighted by Gasteiger charge is 2.20. The van der Waals surface area contributed by atoms with Crippen molar-refractivity contribution in [3.05, 3.63) is 30.3 Å². The third kappa shape index (κ3) is 5.88. The normalized spacial score (nSPS) is 10.6. The van der Waals surface area contributed by atoms with E-state index in [0.29, 0.717) is 6.61 Å². The lowest BCUT2D eigenvalue weighted by Gasteiger charge is -2.12. The predicted molar refractivity (Wildman–Crippen MR) is 94.4 cm³/mol. The molecule has 0 atom stereocenters. The number of carbonyl (C=O) groups is 1. The molecule has 12 heteroatoms. The summed E-state index contributed by atoms with van der Waals surface area (Å²) >= 11 is 0. The van der Waals surface area contributed by atoms with Crippen molar-refractivity contribution in [1.29, 1.82) is 0 Å². The van der Waals surface area contributed by atoms with Crippen LogP contribution in [0, 0.1) is 0 Å². The number of anilines is 1. The molecule has 0 saturated carbocycles. The highest BCUT2D eigenvalue weighted by molar-refractivity contribution is 7.85. The van der Waals surface area contributed by atoms with Gasteiger partial charge in [-0.05, 0) is 19.1 Å². The Morgan fingerprint density at radius 1 is 1.07 bits per heavy atom. The van der Waals surface area contributed by atoms with Crippen molar-refractivity contribution in [2.45, 2.75) is 6.92 Å². The number of rotatable bonds is 8. The number of urea groups is 1. The second-order valence-corrected chi connectivity index (χ2v) is 6.03. The molecule has 0 aliphatic heterocycles. The van der Waals surface area contributed by atoms with E-state index in [2.05, 4.69) is 15.3 Å². The summed E-state index contributed by atoms with van der Waals surface area (Å²) in [5, 5.41) is 2.15. The Morgan fingerprint density at radius 2 is 1.67 bits per heavy atom. The van der Waals surface area contributed by atoms with Crippen LogP contribution in [0.5, 0.6) is 23.3 Å². The predicted octanol–water partition coefficient (Wildman–Crippen LogP) is 1.34. The summed E-state index contributed by atoms with van der Waals surface area (Å²) in [6.45, 7) is 2.04. The minimum atomic E-state index is -4.49. The topological polar surface area (TPSA) is 138 Å². The molecular formula is C15H18N4O7S. The quantitative estimate of drug-likeness (QED) is 0.674. The van der Waals surface area contributed by atoms with Crippen molar-refractivity contribution < 1.29 is 31.6 Å². The molecule has 0 aliphatic carbocycles. The van der Waals surface area contributed by atoms with Crippen molar-refractivity contribution in [3.8, 4) is 23.3 Å². The monoisotopic (exact) mass is 398 g/mol. The molecule has 0 aliphatic rings. The highest BCUT2D eigenvalue weighted by Crippen LogP contribution is 2.27. The molecule has 1 heterocycles. The van der Waals surface area contributed by atoms with Crippen LogP contribution in [0.3, 0.4) is 0 Å². The number of para-hydroxylation sites is 2. The number of hydrogen-bond donors (Lipinski definition) is 2. The Balaban J connectivity index is 2.09. The number of aromatic nitrogens is 2. The van der Waals surface area contributed by atoms with E-state index in [-0.39, 0.29) is 29.2 Å². The minimum Gasteiger partial charge on any atom is -0.490 e. The molecule has 0 spiro atoms. The van der Waals surface area contributed by atoms with Crippen LogP contribution >= 0.6 is 0 Å². The lowest BCUT2D eigenvalue weighted by molar-refractivity contribution is 0.255. The lowest BCUT2D eigenvalue weighted by Crippen LogP contribution is -2.37. The van der Waals surface area contributed by atoms with Crippen molar-refractivity contribution in [2.24, 2.45) is 0 Å². The summed E-state index contributed by atoms with van der Waals surface area (Å²) in [6.07, 6.45) is 0. The molecule has 0 saturated heterocycles. The summed E-state index contributed by atoms with van der Waals surface area (Å²) in [5.41, 5.74) is 0. The maximum Gasteiger partial charge on any atom is 0.411 e. The fraction of sp³-hybridized carbons (Fsp3) is 0.267. The van der Waals surface area contributed by atoms with Crippen molar-refractivity contribution in [1.82, 2.24) is 14.7 Å². The van der Waals surface area contributed by atoms with Gasteiger partial charge in [0.25, 0.3) is 0 Å². The van der Waals surface area contributed by atoms with E-state index < -0.39 is 16.3 Å². The molecule has 11 nitrogen and oxygen atoms in total. The second-order valence-electron chi connectivity index (χ2n) is 4.75. The molecular weight excluding hydrogens is 380 g/mol. The largest absolute Gasteiger partial charge is 0.490 e. The van der Waals surface area contributed by atoms with Gasteiger partial charge in [0.15, 0.2) is 11.5 Å². The Labute approximate surface area is 155 Å². The number of ether oxygens (including phenoxy) is 3. The molecule has 27 heavy (non-hydrogen) atoms. The van der Waals surface area contributed by atoms with Crippen molar-refractivity contribution in [2.75, 3.05) is 26.1 Å². The van der Waals surface area contributed by atoms with Gasteiger partial charge in [-0.25, -0.2) is 9.52 Å². The molecule has 0 radical (unpaired) electrons. The van der Waals surface area contributed by atoms with Crippen LogP contribution in [0.2, 0.25) is 0 Å². The molecule has 2 N–H and O–H groups in total. The molecule has 2 rings (SSSR count). The molecule has 0 fully saturated rings. The van der Waals surface area contributed by atoms with Gasteiger partial charge < -0.3 is 18.4 Å². The Bertz CT molecular complexity index is 883. The zero-order valence-electron chi connectivity index (χ0n) is 14.8. The van der Waals surface area contributed by atoms with Gasteiger partial charge in [-0.15, -0.1) is 0 Å². The van der Waals surface area contributed by atoms with E-state index in [1.54, 1.807) is 23.8 Å². The number of carbonyl (C=O) groups excluding carboxylic acids is 1. The first-order valence-corrected chi connectivity index (χ1v) is 8.99. The maximum absolute atomic E-state index is 12.1. The van der Waals surface area contributed by atoms with Crippen LogP contribution in [0.1, 0.15) is 6.92 Å². The third-order valence-electron chi connectivity index (χ3n) is 2.89. The van der Waals surface area contributed by atoms with Gasteiger partial charge in [0.2, 0.25) is 17.7 Å². The molecule has 1 aromatic carbocycles. The van der Waals surface area contributed by atoms with Crippen LogP contribution in [0.15, 0.2) is 30.3 Å². The minimum absolute atomic E-state index is 0.0704. The standard InChI is InChI=1S/C15H18N4O7S/c1-4-25-10-7-5-6-8-11(10)26-27(21,22)19-15(20)18-14-16-12(23-2)9-13(17-14)24-3/h5-9H,4H2,1-3H3,(H2,16,17,18,19,20). The zero-order valence-corrected chi connectivity index (χ0v) is 15.6. The number of hydrogen-bond acceptors (Lipinski definition) is 9. The van der Waals surface area contributed by atoms with Crippen LogP contribution in [0.25, 0.3) is 0 Å². The summed E-state index contributed by atoms with van der Waals surface area (Å²) < 4.78 is 45.8. The van der Waals surface area contributed by atoms with E-state index in [1.807, 2.05) is 0 Å². The van der Waals surface area contributed by atoms with Gasteiger partial charge in [0.1, 0.15) is 0 Å². The number of benzene rings is 1. The first-order valence-electron chi connectivity index (χ1n) is 7.59. The van der Waals surface area contributed by atoms with Gasteiger partial charge >= 0.3 is 16.3 Å². The number of nitrogens with zero attached hydrogens (tertiary/aromatic N) is 2. The van der Waals surface area contributed by atoms with Gasteiger partial charge in [-0.3, -0.25) is 5.32 Å². The zero-order chi connectivity index (χ0) is 19.9. The first-order chi connectivity index (χ1) is 12.9. The van der Waals surface area contributed by atoms with Crippen LogP contribution in [-0.2, 0) is 10.3 Å². The van der Waals surface area contributed by atoms with Gasteiger partial charge in [-0.1, -0.05) is 12.1 Å². The summed E-state index contributed by atoms with van der Waals surface area (Å²) in [6, 6.07) is 6.37. The van der Waals surface area contributed by atoms with E-state index in [1.165, 1.54) is 32.4 Å². The van der Waals surface area contributed by atoms with Crippen LogP contribution in [-0.4, -0.2) is 45.2 Å². The smallest absolute Gasteiger partial charge is 0.411 e. The molecule has 1 aromatic heterocycles. The van der Waals surface area contributed by atoms with Gasteiger partial charge in [-0.2, -0.15) is 18.4 Å². The average Bonchev–Trinajstić information content (AvgIpc) is 2.62. The van der Waals surface area contributed by atoms with Crippen LogP contribution in [0.4, 0.5) is 10.7 Å². The van der Waals surface area contributed by atoms with Gasteiger partial charge in [0, 0.05) is 0 Å². The number of nitrogens with one attached hydrogen (secondary N) is 2. The van der Waals surface area contributed by atoms with Crippen LogP contribution < -0.4 is 28.4 Å². The molecule has 146 valence electrons. The van der Waals surface area contributed by atoms with Crippen molar-refractivity contribution >= 4 is 22.3 Å². The van der Waals surface area contributed by atoms with Crippen molar-refractivity contribution in [3.63, 3.8) is 0 Å². The van der Waals surface area contributed by atoms with E-state index in [4.69, 9.17) is 18.4 Å². The highest BCUT2D eigenvalue weighted by atomic mass is 32.2. The Kier molecular flexibility index (Phi) is 6.60. The Morgan fingerprint density at radius 3 is 2.22 bits per heavy atom. The third-order valence-corrected chi connectivity index (χ3v) is 3.72. The lowest BCUT2D eigenvalue weighted by atomic mass is 10.3. The SMILES string of the molecule is CCOc1ccccc1OS(=O)(=O)NC(=O)Nc1nc(OC)cc(OC)n1. The molecule has 2 aromatic rings. The summed E-state index contributed by atoms with van der Waals surface area (Å²) in [7, 11) is -1.76. The first kappa shape index (κ1) is 20.0. The fourth-order valence-corrected chi connectivity index (χ4v) is 2.54. The van der Waals surface area contributed by atoms with E-state index in [0.717, 1.165) is 0 Å². The van der Waals surface area contributed by atoms with Gasteiger partial charge in [0.05, 0.1) is 26.9 Å². The Hall–Kier alpha value is -3.28. The summed E-state index contributed by atoms with van der Waals surface area (Å²) in [5.74, 6) is 0.142. The number of amides is 2. The second kappa shape index (κ2) is 8.89. The molecule has 2 amide bonds. The fourth-order valence-electron chi connectivity index (χ4n) is 1.84.